The summed E-state index contributed by atoms with van der Waals surface area (Å²) in [4.78, 5) is 28.7. The van der Waals surface area contributed by atoms with E-state index in [1.54, 1.807) is 37.4 Å². The summed E-state index contributed by atoms with van der Waals surface area (Å²) in [5.74, 6) is -0.221. The van der Waals surface area contributed by atoms with Gasteiger partial charge in [-0.05, 0) is 79.7 Å². The van der Waals surface area contributed by atoms with E-state index in [1.165, 1.54) is 16.2 Å². The van der Waals surface area contributed by atoms with Crippen LogP contribution in [0.2, 0.25) is 0 Å². The molecule has 0 bridgehead atoms. The van der Waals surface area contributed by atoms with Crippen molar-refractivity contribution >= 4 is 34.5 Å². The molecule has 0 spiro atoms. The molecule has 2 heterocycles. The first-order valence-electron chi connectivity index (χ1n) is 10.6. The standard InChI is InChI=1S/C26H25NO5S/c1-5-32-18-10-8-17(9-11-18)27-23(21-7-6-12-33-21)22(25(29)26(27)30)24(28)19-13-16(3)20(31-4)14-15(19)2/h6-14,23,28H,5H2,1-4H3/b24-22-. The minimum atomic E-state index is -0.732. The number of amides is 1. The first kappa shape index (κ1) is 22.6. The van der Waals surface area contributed by atoms with E-state index in [0.717, 1.165) is 16.0 Å². The number of ether oxygens (including phenoxy) is 2. The number of ketones is 1. The Morgan fingerprint density at radius 2 is 1.82 bits per heavy atom. The number of carbonyl (C=O) groups is 2. The summed E-state index contributed by atoms with van der Waals surface area (Å²) in [5, 5.41) is 13.2. The molecule has 1 atom stereocenters. The van der Waals surface area contributed by atoms with Gasteiger partial charge in [-0.3, -0.25) is 14.5 Å². The van der Waals surface area contributed by atoms with E-state index in [0.29, 0.717) is 29.4 Å². The van der Waals surface area contributed by atoms with Crippen molar-refractivity contribution in [2.24, 2.45) is 0 Å². The summed E-state index contributed by atoms with van der Waals surface area (Å²) < 4.78 is 10.9. The minimum absolute atomic E-state index is 0.0731. The van der Waals surface area contributed by atoms with Crippen molar-refractivity contribution in [2.75, 3.05) is 18.6 Å². The molecule has 1 saturated heterocycles. The van der Waals surface area contributed by atoms with Crippen LogP contribution in [0.15, 0.2) is 59.5 Å². The van der Waals surface area contributed by atoms with E-state index in [-0.39, 0.29) is 11.3 Å². The molecule has 0 saturated carbocycles. The van der Waals surface area contributed by atoms with Gasteiger partial charge in [-0.25, -0.2) is 0 Å². The van der Waals surface area contributed by atoms with E-state index in [4.69, 9.17) is 9.47 Å². The van der Waals surface area contributed by atoms with Crippen LogP contribution in [0.5, 0.6) is 11.5 Å². The molecule has 170 valence electrons. The van der Waals surface area contributed by atoms with Crippen molar-refractivity contribution in [3.05, 3.63) is 81.1 Å². The van der Waals surface area contributed by atoms with Crippen LogP contribution in [-0.4, -0.2) is 30.5 Å². The zero-order chi connectivity index (χ0) is 23.7. The highest BCUT2D eigenvalue weighted by molar-refractivity contribution is 7.10. The van der Waals surface area contributed by atoms with Gasteiger partial charge in [-0.1, -0.05) is 6.07 Å². The zero-order valence-electron chi connectivity index (χ0n) is 18.9. The number of hydrogen-bond donors (Lipinski definition) is 1. The second-order valence-corrected chi connectivity index (χ2v) is 8.73. The number of aryl methyl sites for hydroxylation is 2. The number of aliphatic hydroxyl groups is 1. The molecular formula is C26H25NO5S. The third-order valence-corrected chi connectivity index (χ3v) is 6.60. The third kappa shape index (κ3) is 4.00. The number of methoxy groups -OCH3 is 1. The Balaban J connectivity index is 1.88. The average Bonchev–Trinajstić information content (AvgIpc) is 3.42. The molecule has 1 unspecified atom stereocenters. The zero-order valence-corrected chi connectivity index (χ0v) is 19.7. The Hall–Kier alpha value is -3.58. The fraction of sp³-hybridized carbons (Fsp3) is 0.231. The molecule has 0 radical (unpaired) electrons. The first-order chi connectivity index (χ1) is 15.9. The fourth-order valence-electron chi connectivity index (χ4n) is 4.09. The number of carbonyl (C=O) groups excluding carboxylic acids is 2. The topological polar surface area (TPSA) is 76.1 Å². The SMILES string of the molecule is CCOc1ccc(N2C(=O)C(=O)/C(=C(\O)c3cc(C)c(OC)cc3C)C2c2cccs2)cc1. The number of Topliss-reactive ketones (excluding diaryl/α,β-unsaturated/α-hetero) is 1. The first-order valence-corrected chi connectivity index (χ1v) is 11.5. The maximum atomic E-state index is 13.2. The number of benzene rings is 2. The smallest absolute Gasteiger partial charge is 0.300 e. The van der Waals surface area contributed by atoms with E-state index < -0.39 is 17.7 Å². The lowest BCUT2D eigenvalue weighted by molar-refractivity contribution is -0.132. The van der Waals surface area contributed by atoms with E-state index in [9.17, 15) is 14.7 Å². The molecule has 1 aromatic heterocycles. The van der Waals surface area contributed by atoms with Crippen LogP contribution in [-0.2, 0) is 9.59 Å². The Morgan fingerprint density at radius 3 is 2.42 bits per heavy atom. The molecule has 33 heavy (non-hydrogen) atoms. The lowest BCUT2D eigenvalue weighted by Crippen LogP contribution is -2.29. The van der Waals surface area contributed by atoms with Crippen LogP contribution < -0.4 is 14.4 Å². The second-order valence-electron chi connectivity index (χ2n) is 7.75. The number of thiophene rings is 1. The highest BCUT2D eigenvalue weighted by atomic mass is 32.1. The highest BCUT2D eigenvalue weighted by Crippen LogP contribution is 2.44. The lowest BCUT2D eigenvalue weighted by atomic mass is 9.95. The number of rotatable bonds is 6. The van der Waals surface area contributed by atoms with Crippen molar-refractivity contribution in [2.45, 2.75) is 26.8 Å². The lowest BCUT2D eigenvalue weighted by Gasteiger charge is -2.24. The monoisotopic (exact) mass is 463 g/mol. The van der Waals surface area contributed by atoms with Gasteiger partial charge in [0, 0.05) is 16.1 Å². The van der Waals surface area contributed by atoms with Crippen LogP contribution in [0.25, 0.3) is 5.76 Å². The van der Waals surface area contributed by atoms with Crippen LogP contribution in [0.3, 0.4) is 0 Å². The Kier molecular flexibility index (Phi) is 6.24. The number of hydrogen-bond acceptors (Lipinski definition) is 6. The fourth-order valence-corrected chi connectivity index (χ4v) is 4.92. The van der Waals surface area contributed by atoms with Gasteiger partial charge < -0.3 is 14.6 Å². The summed E-state index contributed by atoms with van der Waals surface area (Å²) in [6.07, 6.45) is 0. The Labute approximate surface area is 196 Å². The predicted molar refractivity (Wildman–Crippen MR) is 129 cm³/mol. The van der Waals surface area contributed by atoms with Gasteiger partial charge in [0.15, 0.2) is 0 Å². The van der Waals surface area contributed by atoms with E-state index in [2.05, 4.69) is 0 Å². The van der Waals surface area contributed by atoms with Gasteiger partial charge in [0.05, 0.1) is 19.3 Å². The van der Waals surface area contributed by atoms with Crippen molar-refractivity contribution in [1.29, 1.82) is 0 Å². The molecule has 1 aliphatic heterocycles. The summed E-state index contributed by atoms with van der Waals surface area (Å²) in [6, 6.07) is 13.6. The molecule has 4 rings (SSSR count). The summed E-state index contributed by atoms with van der Waals surface area (Å²) in [6.45, 7) is 6.12. The summed E-state index contributed by atoms with van der Waals surface area (Å²) in [7, 11) is 1.58. The molecule has 1 amide bonds. The van der Waals surface area contributed by atoms with Crippen molar-refractivity contribution in [3.63, 3.8) is 0 Å². The molecule has 3 aromatic rings. The summed E-state index contributed by atoms with van der Waals surface area (Å²) in [5.41, 5.74) is 2.69. The molecule has 1 fully saturated rings. The molecule has 7 heteroatoms. The molecule has 0 aliphatic carbocycles. The largest absolute Gasteiger partial charge is 0.507 e. The van der Waals surface area contributed by atoms with Crippen LogP contribution in [0, 0.1) is 13.8 Å². The molecule has 1 aliphatic rings. The van der Waals surface area contributed by atoms with Gasteiger partial charge in [0.1, 0.15) is 23.3 Å². The second kappa shape index (κ2) is 9.11. The normalized spacial score (nSPS) is 17.5. The van der Waals surface area contributed by atoms with E-state index >= 15 is 0 Å². The predicted octanol–water partition coefficient (Wildman–Crippen LogP) is 5.40. The maximum Gasteiger partial charge on any atom is 0.300 e. The molecule has 1 N–H and O–H groups in total. The van der Waals surface area contributed by atoms with Crippen LogP contribution in [0.4, 0.5) is 5.69 Å². The number of anilines is 1. The van der Waals surface area contributed by atoms with Gasteiger partial charge in [0.2, 0.25) is 0 Å². The van der Waals surface area contributed by atoms with Gasteiger partial charge in [-0.2, -0.15) is 0 Å². The van der Waals surface area contributed by atoms with Crippen LogP contribution in [0.1, 0.15) is 34.5 Å². The summed E-state index contributed by atoms with van der Waals surface area (Å²) >= 11 is 1.43. The quantitative estimate of drug-likeness (QED) is 0.301. The van der Waals surface area contributed by atoms with Crippen molar-refractivity contribution < 1.29 is 24.2 Å². The van der Waals surface area contributed by atoms with Gasteiger partial charge in [-0.15, -0.1) is 11.3 Å². The van der Waals surface area contributed by atoms with Gasteiger partial charge in [0.25, 0.3) is 11.7 Å². The molecule has 2 aromatic carbocycles. The van der Waals surface area contributed by atoms with E-state index in [1.807, 2.05) is 44.4 Å². The van der Waals surface area contributed by atoms with Gasteiger partial charge >= 0.3 is 0 Å². The number of nitrogens with zero attached hydrogens (tertiary/aromatic N) is 1. The van der Waals surface area contributed by atoms with Crippen LogP contribution >= 0.6 is 11.3 Å². The Bertz CT molecular complexity index is 1230. The molecular weight excluding hydrogens is 438 g/mol. The third-order valence-electron chi connectivity index (χ3n) is 5.68. The van der Waals surface area contributed by atoms with Crippen molar-refractivity contribution in [1.82, 2.24) is 0 Å². The molecule has 6 nitrogen and oxygen atoms in total. The Morgan fingerprint density at radius 1 is 1.09 bits per heavy atom. The number of aliphatic hydroxyl groups excluding tert-OH is 1. The minimum Gasteiger partial charge on any atom is -0.507 e. The highest BCUT2D eigenvalue weighted by Gasteiger charge is 2.47. The van der Waals surface area contributed by atoms with Crippen molar-refractivity contribution in [3.8, 4) is 11.5 Å². The maximum absolute atomic E-state index is 13.2. The average molecular weight is 464 g/mol.